The lowest BCUT2D eigenvalue weighted by atomic mass is 10.2. The summed E-state index contributed by atoms with van der Waals surface area (Å²) in [6, 6.07) is 19.4. The second-order valence-corrected chi connectivity index (χ2v) is 7.91. The number of methoxy groups -OCH3 is 3. The number of rotatable bonds is 9. The molecule has 0 unspecified atom stereocenters. The summed E-state index contributed by atoms with van der Waals surface area (Å²) in [6.07, 6.45) is 1.56. The van der Waals surface area contributed by atoms with Gasteiger partial charge in [0.1, 0.15) is 28.6 Å². The molecule has 0 spiro atoms. The number of aromatic amines is 1. The highest BCUT2D eigenvalue weighted by molar-refractivity contribution is 6.30. The number of hydrogen-bond donors (Lipinski definition) is 3. The number of anilines is 3. The maximum Gasteiger partial charge on any atom is 0.263 e. The summed E-state index contributed by atoms with van der Waals surface area (Å²) in [4.78, 5) is 17.8. The summed E-state index contributed by atoms with van der Waals surface area (Å²) in [5.74, 6) is 2.09. The molecule has 4 aromatic rings. The summed E-state index contributed by atoms with van der Waals surface area (Å²) in [5.41, 5.74) is 2.18. The van der Waals surface area contributed by atoms with E-state index >= 15 is 0 Å². The van der Waals surface area contributed by atoms with E-state index in [0.29, 0.717) is 39.3 Å². The zero-order valence-corrected chi connectivity index (χ0v) is 20.6. The van der Waals surface area contributed by atoms with E-state index in [1.807, 2.05) is 12.1 Å². The minimum atomic E-state index is -0.410. The van der Waals surface area contributed by atoms with Crippen LogP contribution in [-0.2, 0) is 0 Å². The van der Waals surface area contributed by atoms with E-state index in [9.17, 15) is 4.79 Å². The molecule has 1 aromatic heterocycles. The molecule has 4 rings (SSSR count). The van der Waals surface area contributed by atoms with Gasteiger partial charge in [0.15, 0.2) is 5.82 Å². The molecule has 0 fully saturated rings. The van der Waals surface area contributed by atoms with Crippen LogP contribution in [0.4, 0.5) is 23.0 Å². The summed E-state index contributed by atoms with van der Waals surface area (Å²) in [5, 5.41) is 13.8. The maximum atomic E-state index is 13.3. The summed E-state index contributed by atoms with van der Waals surface area (Å²) in [6.45, 7) is 0. The number of nitrogens with zero attached hydrogens (tertiary/aromatic N) is 2. The lowest BCUT2D eigenvalue weighted by Gasteiger charge is -2.09. The predicted octanol–water partition coefficient (Wildman–Crippen LogP) is 5.84. The van der Waals surface area contributed by atoms with Gasteiger partial charge in [-0.1, -0.05) is 11.6 Å². The van der Waals surface area contributed by atoms with Crippen molar-refractivity contribution in [1.29, 1.82) is 0 Å². The van der Waals surface area contributed by atoms with Crippen LogP contribution in [0.25, 0.3) is 0 Å². The van der Waals surface area contributed by atoms with E-state index in [0.717, 1.165) is 5.69 Å². The zero-order chi connectivity index (χ0) is 25.5. The molecule has 0 aliphatic heterocycles. The minimum absolute atomic E-state index is 0.183. The highest BCUT2D eigenvalue weighted by Crippen LogP contribution is 2.30. The number of H-pyrrole nitrogens is 1. The lowest BCUT2D eigenvalue weighted by Crippen LogP contribution is -2.13. The molecule has 10 heteroatoms. The molecule has 1 heterocycles. The van der Waals surface area contributed by atoms with Crippen molar-refractivity contribution >= 4 is 46.7 Å². The molecule has 0 saturated carbocycles. The van der Waals surface area contributed by atoms with Gasteiger partial charge in [0.25, 0.3) is 5.91 Å². The number of aliphatic imine (C=N–C) groups is 1. The molecule has 0 atom stereocenters. The lowest BCUT2D eigenvalue weighted by molar-refractivity contribution is 0.102. The standard InChI is InChI=1S/C26H24ClN5O4/c1-34-20-10-8-18(9-11-20)29-25-23(26(33)30-19-6-4-17(27)5-7-19)24(31-32-25)28-15-16-14-21(35-2)12-13-22(16)36-3/h4-15H,1-3H3,(H,30,33)(H2,29,31,32). The van der Waals surface area contributed by atoms with Gasteiger partial charge in [-0.2, -0.15) is 5.10 Å². The number of aromatic nitrogens is 2. The summed E-state index contributed by atoms with van der Waals surface area (Å²) in [7, 11) is 4.74. The first kappa shape index (κ1) is 24.6. The Balaban J connectivity index is 1.69. The number of carbonyl (C=O) groups excluding carboxylic acids is 1. The van der Waals surface area contributed by atoms with Crippen LogP contribution >= 0.6 is 11.6 Å². The smallest absolute Gasteiger partial charge is 0.263 e. The number of ether oxygens (including phenoxy) is 3. The van der Waals surface area contributed by atoms with Crippen LogP contribution in [0.1, 0.15) is 15.9 Å². The fourth-order valence-electron chi connectivity index (χ4n) is 3.35. The Morgan fingerprint density at radius 3 is 2.25 bits per heavy atom. The molecule has 1 amide bonds. The molecule has 0 bridgehead atoms. The van der Waals surface area contributed by atoms with E-state index in [4.69, 9.17) is 25.8 Å². The normalized spacial score (nSPS) is 10.8. The number of carbonyl (C=O) groups is 1. The van der Waals surface area contributed by atoms with E-state index in [1.165, 1.54) is 0 Å². The van der Waals surface area contributed by atoms with E-state index in [1.54, 1.807) is 82.1 Å². The van der Waals surface area contributed by atoms with Gasteiger partial charge in [0.2, 0.25) is 0 Å². The molecule has 0 aliphatic rings. The van der Waals surface area contributed by atoms with E-state index in [-0.39, 0.29) is 11.4 Å². The highest BCUT2D eigenvalue weighted by Gasteiger charge is 2.21. The van der Waals surface area contributed by atoms with Gasteiger partial charge < -0.3 is 24.8 Å². The van der Waals surface area contributed by atoms with Crippen molar-refractivity contribution in [2.24, 2.45) is 4.99 Å². The van der Waals surface area contributed by atoms with Crippen molar-refractivity contribution in [3.05, 3.63) is 82.9 Å². The van der Waals surface area contributed by atoms with Crippen molar-refractivity contribution in [3.63, 3.8) is 0 Å². The second-order valence-electron chi connectivity index (χ2n) is 7.48. The Morgan fingerprint density at radius 2 is 1.58 bits per heavy atom. The largest absolute Gasteiger partial charge is 0.497 e. The number of nitrogens with one attached hydrogen (secondary N) is 3. The molecule has 0 radical (unpaired) electrons. The molecule has 36 heavy (non-hydrogen) atoms. The average molecular weight is 506 g/mol. The van der Waals surface area contributed by atoms with Crippen LogP contribution in [0.2, 0.25) is 5.02 Å². The van der Waals surface area contributed by atoms with Crippen LogP contribution in [0.5, 0.6) is 17.2 Å². The highest BCUT2D eigenvalue weighted by atomic mass is 35.5. The number of halogens is 1. The van der Waals surface area contributed by atoms with Crippen molar-refractivity contribution < 1.29 is 19.0 Å². The van der Waals surface area contributed by atoms with Gasteiger partial charge in [-0.05, 0) is 66.7 Å². The summed E-state index contributed by atoms with van der Waals surface area (Å²) >= 11 is 5.97. The zero-order valence-electron chi connectivity index (χ0n) is 19.8. The number of benzene rings is 3. The van der Waals surface area contributed by atoms with Gasteiger partial charge in [-0.3, -0.25) is 9.89 Å². The molecular weight excluding hydrogens is 482 g/mol. The van der Waals surface area contributed by atoms with Crippen molar-refractivity contribution in [2.45, 2.75) is 0 Å². The Hall–Kier alpha value is -4.50. The Bertz CT molecular complexity index is 1370. The molecule has 0 saturated heterocycles. The number of hydrogen-bond acceptors (Lipinski definition) is 7. The van der Waals surface area contributed by atoms with Gasteiger partial charge in [-0.25, -0.2) is 4.99 Å². The van der Waals surface area contributed by atoms with Crippen molar-refractivity contribution in [1.82, 2.24) is 10.2 Å². The topological polar surface area (TPSA) is 110 Å². The first-order valence-corrected chi connectivity index (χ1v) is 11.2. The fourth-order valence-corrected chi connectivity index (χ4v) is 3.47. The first-order chi connectivity index (χ1) is 17.5. The molecule has 9 nitrogen and oxygen atoms in total. The van der Waals surface area contributed by atoms with E-state index < -0.39 is 5.91 Å². The molecule has 3 aromatic carbocycles. The van der Waals surface area contributed by atoms with E-state index in [2.05, 4.69) is 25.8 Å². The Morgan fingerprint density at radius 1 is 0.917 bits per heavy atom. The predicted molar refractivity (Wildman–Crippen MR) is 141 cm³/mol. The average Bonchev–Trinajstić information content (AvgIpc) is 3.31. The van der Waals surface area contributed by atoms with Crippen LogP contribution in [0, 0.1) is 0 Å². The third-order valence-electron chi connectivity index (χ3n) is 5.20. The minimum Gasteiger partial charge on any atom is -0.497 e. The molecule has 0 aliphatic carbocycles. The third kappa shape index (κ3) is 5.76. The van der Waals surface area contributed by atoms with Crippen molar-refractivity contribution in [3.8, 4) is 17.2 Å². The number of amides is 1. The van der Waals surface area contributed by atoms with Gasteiger partial charge in [0, 0.05) is 28.2 Å². The molecule has 184 valence electrons. The molecule has 3 N–H and O–H groups in total. The SMILES string of the molecule is COc1ccc(Nc2[nH]nc(N=Cc3cc(OC)ccc3OC)c2C(=O)Nc2ccc(Cl)cc2)cc1. The van der Waals surface area contributed by atoms with Gasteiger partial charge in [0.05, 0.1) is 21.3 Å². The van der Waals surface area contributed by atoms with Crippen LogP contribution in [0.15, 0.2) is 71.7 Å². The second kappa shape index (κ2) is 11.3. The van der Waals surface area contributed by atoms with Crippen molar-refractivity contribution in [2.75, 3.05) is 32.0 Å². The Labute approximate surface area is 213 Å². The third-order valence-corrected chi connectivity index (χ3v) is 5.45. The van der Waals surface area contributed by atoms with Gasteiger partial charge >= 0.3 is 0 Å². The van der Waals surface area contributed by atoms with Crippen LogP contribution < -0.4 is 24.8 Å². The van der Waals surface area contributed by atoms with Crippen LogP contribution in [-0.4, -0.2) is 43.6 Å². The molecular formula is C26H24ClN5O4. The summed E-state index contributed by atoms with van der Waals surface area (Å²) < 4.78 is 15.9. The maximum absolute atomic E-state index is 13.3. The van der Waals surface area contributed by atoms with Crippen LogP contribution in [0.3, 0.4) is 0 Å². The van der Waals surface area contributed by atoms with Gasteiger partial charge in [-0.15, -0.1) is 0 Å². The Kier molecular flexibility index (Phi) is 7.72. The fraction of sp³-hybridized carbons (Fsp3) is 0.115. The quantitative estimate of drug-likeness (QED) is 0.247. The first-order valence-electron chi connectivity index (χ1n) is 10.8. The monoisotopic (exact) mass is 505 g/mol.